The van der Waals surface area contributed by atoms with Crippen LogP contribution in [0.2, 0.25) is 0 Å². The van der Waals surface area contributed by atoms with Crippen LogP contribution in [-0.2, 0) is 6.42 Å². The summed E-state index contributed by atoms with van der Waals surface area (Å²) in [5.74, 6) is 0. The highest BCUT2D eigenvalue weighted by molar-refractivity contribution is 7.12. The molecule has 1 aliphatic rings. The topological polar surface area (TPSA) is 12.4 Å². The molecule has 1 aromatic rings. The minimum Gasteiger partial charge on any atom is -0.289 e. The van der Waals surface area contributed by atoms with Gasteiger partial charge in [0.1, 0.15) is 0 Å². The van der Waals surface area contributed by atoms with Crippen molar-refractivity contribution in [3.63, 3.8) is 0 Å². The van der Waals surface area contributed by atoms with Crippen molar-refractivity contribution in [2.24, 2.45) is 4.99 Å². The quantitative estimate of drug-likeness (QED) is 0.580. The van der Waals surface area contributed by atoms with Crippen LogP contribution in [0.25, 0.3) is 0 Å². The van der Waals surface area contributed by atoms with Gasteiger partial charge in [0, 0.05) is 28.0 Å². The van der Waals surface area contributed by atoms with Crippen LogP contribution < -0.4 is 0 Å². The van der Waals surface area contributed by atoms with Crippen LogP contribution in [0.5, 0.6) is 0 Å². The molecule has 1 aromatic heterocycles. The number of aryl methyl sites for hydroxylation is 1. The van der Waals surface area contributed by atoms with E-state index in [1.54, 1.807) is 0 Å². The first kappa shape index (κ1) is 7.99. The Morgan fingerprint density at radius 1 is 1.50 bits per heavy atom. The molecule has 0 fully saturated rings. The molecule has 1 unspecified atom stereocenters. The lowest BCUT2D eigenvalue weighted by atomic mass is 10.0. The Kier molecular flexibility index (Phi) is 1.80. The van der Waals surface area contributed by atoms with E-state index in [0.717, 1.165) is 6.42 Å². The first-order chi connectivity index (χ1) is 5.68. The maximum absolute atomic E-state index is 4.43. The molecule has 0 radical (unpaired) electrons. The van der Waals surface area contributed by atoms with Gasteiger partial charge in [-0.15, -0.1) is 11.3 Å². The van der Waals surface area contributed by atoms with Crippen LogP contribution in [0.15, 0.2) is 4.99 Å². The van der Waals surface area contributed by atoms with Crippen molar-refractivity contribution in [3.8, 4) is 0 Å². The SMILES string of the molecule is Cc1sc2c(c1C)C=NC(C)C2. The summed E-state index contributed by atoms with van der Waals surface area (Å²) in [4.78, 5) is 7.39. The van der Waals surface area contributed by atoms with Crippen LogP contribution in [0, 0.1) is 13.8 Å². The molecule has 0 N–H and O–H groups in total. The van der Waals surface area contributed by atoms with E-state index in [1.807, 2.05) is 17.6 Å². The third-order valence-electron chi connectivity index (χ3n) is 2.45. The summed E-state index contributed by atoms with van der Waals surface area (Å²) in [7, 11) is 0. The fraction of sp³-hybridized carbons (Fsp3) is 0.500. The smallest absolute Gasteiger partial charge is 0.0520 e. The molecule has 2 rings (SSSR count). The maximum Gasteiger partial charge on any atom is 0.0520 e. The van der Waals surface area contributed by atoms with Crippen molar-refractivity contribution in [1.82, 2.24) is 0 Å². The van der Waals surface area contributed by atoms with Crippen molar-refractivity contribution in [2.45, 2.75) is 33.2 Å². The Labute approximate surface area is 77.2 Å². The van der Waals surface area contributed by atoms with Gasteiger partial charge in [-0.05, 0) is 26.3 Å². The second-order valence-electron chi connectivity index (χ2n) is 3.45. The summed E-state index contributed by atoms with van der Waals surface area (Å²) in [6.07, 6.45) is 3.17. The molecule has 0 bridgehead atoms. The third-order valence-corrected chi connectivity index (χ3v) is 3.69. The average molecular weight is 179 g/mol. The lowest BCUT2D eigenvalue weighted by molar-refractivity contribution is 0.741. The highest BCUT2D eigenvalue weighted by Gasteiger charge is 2.16. The number of rotatable bonds is 0. The van der Waals surface area contributed by atoms with E-state index < -0.39 is 0 Å². The molecule has 0 spiro atoms. The largest absolute Gasteiger partial charge is 0.289 e. The average Bonchev–Trinajstić information content (AvgIpc) is 2.28. The summed E-state index contributed by atoms with van der Waals surface area (Å²) in [6.45, 7) is 6.55. The summed E-state index contributed by atoms with van der Waals surface area (Å²) in [6, 6.07) is 0.481. The molecule has 1 aliphatic heterocycles. The van der Waals surface area contributed by atoms with Crippen molar-refractivity contribution < 1.29 is 0 Å². The summed E-state index contributed by atoms with van der Waals surface area (Å²) >= 11 is 1.93. The molecule has 64 valence electrons. The van der Waals surface area contributed by atoms with E-state index in [4.69, 9.17) is 0 Å². The zero-order valence-corrected chi connectivity index (χ0v) is 8.53. The molecule has 1 nitrogen and oxygen atoms in total. The summed E-state index contributed by atoms with van der Waals surface area (Å²) < 4.78 is 0. The Hall–Kier alpha value is -0.630. The van der Waals surface area contributed by atoms with E-state index in [0.29, 0.717) is 6.04 Å². The first-order valence-electron chi connectivity index (χ1n) is 4.30. The summed E-state index contributed by atoms with van der Waals surface area (Å²) in [5, 5.41) is 0. The standard InChI is InChI=1S/C10H13NS/c1-6-4-10-9(5-11-6)7(2)8(3)12-10/h5-6H,4H2,1-3H3. The maximum atomic E-state index is 4.43. The molecule has 2 heterocycles. The van der Waals surface area contributed by atoms with Crippen molar-refractivity contribution in [3.05, 3.63) is 20.9 Å². The van der Waals surface area contributed by atoms with Crippen LogP contribution in [-0.4, -0.2) is 12.3 Å². The van der Waals surface area contributed by atoms with Crippen LogP contribution in [0.3, 0.4) is 0 Å². The van der Waals surface area contributed by atoms with Gasteiger partial charge in [-0.3, -0.25) is 4.99 Å². The van der Waals surface area contributed by atoms with Gasteiger partial charge in [0.2, 0.25) is 0 Å². The predicted molar refractivity (Wildman–Crippen MR) is 54.6 cm³/mol. The molecule has 2 heteroatoms. The van der Waals surface area contributed by atoms with Gasteiger partial charge in [-0.1, -0.05) is 0 Å². The zero-order chi connectivity index (χ0) is 8.72. The van der Waals surface area contributed by atoms with Crippen LogP contribution >= 0.6 is 11.3 Å². The number of aliphatic imine (C=N–C) groups is 1. The van der Waals surface area contributed by atoms with Gasteiger partial charge in [-0.2, -0.15) is 0 Å². The van der Waals surface area contributed by atoms with E-state index in [-0.39, 0.29) is 0 Å². The molecule has 12 heavy (non-hydrogen) atoms. The van der Waals surface area contributed by atoms with E-state index in [9.17, 15) is 0 Å². The Morgan fingerprint density at radius 2 is 2.25 bits per heavy atom. The molecule has 0 amide bonds. The molecule has 0 aromatic carbocycles. The zero-order valence-electron chi connectivity index (χ0n) is 7.72. The first-order valence-corrected chi connectivity index (χ1v) is 5.12. The number of hydrogen-bond donors (Lipinski definition) is 0. The van der Waals surface area contributed by atoms with E-state index in [2.05, 4.69) is 25.8 Å². The molecular weight excluding hydrogens is 166 g/mol. The van der Waals surface area contributed by atoms with Gasteiger partial charge in [0.15, 0.2) is 0 Å². The fourth-order valence-corrected chi connectivity index (χ4v) is 2.83. The van der Waals surface area contributed by atoms with Crippen LogP contribution in [0.1, 0.15) is 27.8 Å². The van der Waals surface area contributed by atoms with E-state index >= 15 is 0 Å². The second kappa shape index (κ2) is 2.70. The molecule has 0 saturated heterocycles. The highest BCUT2D eigenvalue weighted by atomic mass is 32.1. The Balaban J connectivity index is 2.53. The number of hydrogen-bond acceptors (Lipinski definition) is 2. The van der Waals surface area contributed by atoms with Gasteiger partial charge in [0.05, 0.1) is 6.04 Å². The Morgan fingerprint density at radius 3 is 3.00 bits per heavy atom. The third kappa shape index (κ3) is 1.11. The number of fused-ring (bicyclic) bond motifs is 1. The van der Waals surface area contributed by atoms with E-state index in [1.165, 1.54) is 20.9 Å². The number of thiophene rings is 1. The minimum absolute atomic E-state index is 0.481. The molecule has 0 aliphatic carbocycles. The highest BCUT2D eigenvalue weighted by Crippen LogP contribution is 2.29. The van der Waals surface area contributed by atoms with Crippen molar-refractivity contribution >= 4 is 17.6 Å². The van der Waals surface area contributed by atoms with Gasteiger partial charge < -0.3 is 0 Å². The Bertz CT molecular complexity index is 336. The minimum atomic E-state index is 0.481. The molecule has 1 atom stereocenters. The molecule has 0 saturated carbocycles. The second-order valence-corrected chi connectivity index (χ2v) is 4.76. The summed E-state index contributed by atoms with van der Waals surface area (Å²) in [5.41, 5.74) is 2.81. The van der Waals surface area contributed by atoms with Gasteiger partial charge >= 0.3 is 0 Å². The lowest BCUT2D eigenvalue weighted by Crippen LogP contribution is -2.09. The predicted octanol–water partition coefficient (Wildman–Crippen LogP) is 2.73. The molecular formula is C10H13NS. The monoisotopic (exact) mass is 179 g/mol. The lowest BCUT2D eigenvalue weighted by Gasteiger charge is -2.10. The van der Waals surface area contributed by atoms with Crippen molar-refractivity contribution in [2.75, 3.05) is 0 Å². The normalized spacial score (nSPS) is 21.1. The van der Waals surface area contributed by atoms with Crippen LogP contribution in [0.4, 0.5) is 0 Å². The number of nitrogens with zero attached hydrogens (tertiary/aromatic N) is 1. The fourth-order valence-electron chi connectivity index (χ4n) is 1.56. The van der Waals surface area contributed by atoms with Gasteiger partial charge in [0.25, 0.3) is 0 Å². The van der Waals surface area contributed by atoms with Gasteiger partial charge in [-0.25, -0.2) is 0 Å². The van der Waals surface area contributed by atoms with Crippen molar-refractivity contribution in [1.29, 1.82) is 0 Å².